The third-order valence-electron chi connectivity index (χ3n) is 4.76. The Labute approximate surface area is 146 Å². The molecule has 0 saturated carbocycles. The molecule has 3 aromatic rings. The zero-order valence-electron chi connectivity index (χ0n) is 14.1. The van der Waals surface area contributed by atoms with Crippen LogP contribution in [0.4, 0.5) is 0 Å². The number of amides is 1. The van der Waals surface area contributed by atoms with Gasteiger partial charge < -0.3 is 9.32 Å². The summed E-state index contributed by atoms with van der Waals surface area (Å²) in [6.07, 6.45) is 7.90. The van der Waals surface area contributed by atoms with Gasteiger partial charge in [-0.3, -0.25) is 14.8 Å². The first-order chi connectivity index (χ1) is 12.2. The van der Waals surface area contributed by atoms with Crippen molar-refractivity contribution in [2.45, 2.75) is 19.3 Å². The Morgan fingerprint density at radius 3 is 2.80 bits per heavy atom. The van der Waals surface area contributed by atoms with Crippen molar-refractivity contribution in [3.05, 3.63) is 72.1 Å². The summed E-state index contributed by atoms with van der Waals surface area (Å²) in [7, 11) is 0. The van der Waals surface area contributed by atoms with E-state index in [9.17, 15) is 4.79 Å². The third-order valence-corrected chi connectivity index (χ3v) is 4.76. The number of hydrogen-bond acceptors (Lipinski definition) is 4. The first kappa shape index (κ1) is 15.6. The van der Waals surface area contributed by atoms with Crippen LogP contribution in [0.5, 0.6) is 0 Å². The first-order valence-corrected chi connectivity index (χ1v) is 8.42. The van der Waals surface area contributed by atoms with Gasteiger partial charge in [-0.2, -0.15) is 0 Å². The summed E-state index contributed by atoms with van der Waals surface area (Å²) < 4.78 is 5.35. The Morgan fingerprint density at radius 1 is 1.20 bits per heavy atom. The molecule has 0 unspecified atom stereocenters. The van der Waals surface area contributed by atoms with Gasteiger partial charge in [-0.15, -0.1) is 0 Å². The molecular weight excluding hydrogens is 314 g/mol. The lowest BCUT2D eigenvalue weighted by atomic mass is 9.97. The molecule has 0 aliphatic carbocycles. The number of rotatable bonds is 3. The average molecular weight is 333 g/mol. The predicted octanol–water partition coefficient (Wildman–Crippen LogP) is 3.67. The van der Waals surface area contributed by atoms with Crippen LogP contribution in [-0.4, -0.2) is 33.9 Å². The van der Waals surface area contributed by atoms with Gasteiger partial charge in [-0.05, 0) is 49.2 Å². The van der Waals surface area contributed by atoms with Crippen molar-refractivity contribution in [3.63, 3.8) is 0 Å². The van der Waals surface area contributed by atoms with E-state index < -0.39 is 0 Å². The van der Waals surface area contributed by atoms with Crippen LogP contribution in [0.2, 0.25) is 0 Å². The van der Waals surface area contributed by atoms with E-state index in [1.807, 2.05) is 42.3 Å². The molecule has 3 aromatic heterocycles. The molecular formula is C20H19N3O2. The van der Waals surface area contributed by atoms with Crippen molar-refractivity contribution in [2.24, 2.45) is 0 Å². The number of hydrogen-bond donors (Lipinski definition) is 0. The van der Waals surface area contributed by atoms with Crippen LogP contribution in [0.1, 0.15) is 34.0 Å². The largest absolute Gasteiger partial charge is 0.459 e. The van der Waals surface area contributed by atoms with Crippen LogP contribution in [0.15, 0.2) is 59.6 Å². The maximum Gasteiger partial charge on any atom is 0.289 e. The normalized spacial score (nSPS) is 17.0. The number of carbonyl (C=O) groups excluding carboxylic acids is 1. The molecule has 1 amide bonds. The van der Waals surface area contributed by atoms with E-state index in [2.05, 4.69) is 16.0 Å². The smallest absolute Gasteiger partial charge is 0.289 e. The molecule has 0 spiro atoms. The van der Waals surface area contributed by atoms with E-state index in [0.29, 0.717) is 18.2 Å². The zero-order chi connectivity index (χ0) is 17.2. The fourth-order valence-electron chi connectivity index (χ4n) is 3.33. The van der Waals surface area contributed by atoms with Crippen molar-refractivity contribution >= 4 is 5.91 Å². The molecule has 0 aromatic carbocycles. The number of aromatic nitrogens is 2. The summed E-state index contributed by atoms with van der Waals surface area (Å²) in [5.74, 6) is 0.754. The average Bonchev–Trinajstić information content (AvgIpc) is 3.31. The van der Waals surface area contributed by atoms with Crippen molar-refractivity contribution in [2.75, 3.05) is 13.1 Å². The van der Waals surface area contributed by atoms with Gasteiger partial charge in [0, 0.05) is 48.7 Å². The Kier molecular flexibility index (Phi) is 4.06. The Bertz CT molecular complexity index is 889. The van der Waals surface area contributed by atoms with Gasteiger partial charge in [0.25, 0.3) is 5.91 Å². The van der Waals surface area contributed by atoms with Crippen LogP contribution in [0.3, 0.4) is 0 Å². The van der Waals surface area contributed by atoms with E-state index in [0.717, 1.165) is 29.8 Å². The second-order valence-corrected chi connectivity index (χ2v) is 6.38. The summed E-state index contributed by atoms with van der Waals surface area (Å²) in [6, 6.07) is 9.89. The summed E-state index contributed by atoms with van der Waals surface area (Å²) in [5.41, 5.74) is 4.09. The maximum atomic E-state index is 12.6. The van der Waals surface area contributed by atoms with E-state index in [4.69, 9.17) is 4.42 Å². The lowest BCUT2D eigenvalue weighted by Crippen LogP contribution is -2.28. The standard InChI is InChI=1S/C20H19N3O2/c1-14-6-11-25-19(14)20(24)23-10-5-17(13-23)16-4-9-22-18(12-16)15-2-7-21-8-3-15/h2-4,6-9,11-12,17H,5,10,13H2,1H3/t17-/m1/s1. The molecule has 0 bridgehead atoms. The van der Waals surface area contributed by atoms with Crippen molar-refractivity contribution in [1.29, 1.82) is 0 Å². The monoisotopic (exact) mass is 333 g/mol. The van der Waals surface area contributed by atoms with Gasteiger partial charge in [-0.1, -0.05) is 0 Å². The van der Waals surface area contributed by atoms with Crippen LogP contribution < -0.4 is 0 Å². The molecule has 1 aliphatic heterocycles. The van der Waals surface area contributed by atoms with Crippen LogP contribution in [-0.2, 0) is 0 Å². The highest BCUT2D eigenvalue weighted by Crippen LogP contribution is 2.30. The maximum absolute atomic E-state index is 12.6. The summed E-state index contributed by atoms with van der Waals surface area (Å²) in [5, 5.41) is 0. The van der Waals surface area contributed by atoms with Crippen LogP contribution >= 0.6 is 0 Å². The molecule has 1 atom stereocenters. The minimum absolute atomic E-state index is 0.0200. The molecule has 4 rings (SSSR count). The molecule has 4 heterocycles. The number of aryl methyl sites for hydroxylation is 1. The summed E-state index contributed by atoms with van der Waals surface area (Å²) in [4.78, 5) is 23.0. The molecule has 5 nitrogen and oxygen atoms in total. The molecule has 5 heteroatoms. The van der Waals surface area contributed by atoms with Gasteiger partial charge in [0.05, 0.1) is 12.0 Å². The number of carbonyl (C=O) groups is 1. The SMILES string of the molecule is Cc1ccoc1C(=O)N1CC[C@@H](c2ccnc(-c3ccncc3)c2)C1. The van der Waals surface area contributed by atoms with Crippen LogP contribution in [0, 0.1) is 6.92 Å². The summed E-state index contributed by atoms with van der Waals surface area (Å²) >= 11 is 0. The lowest BCUT2D eigenvalue weighted by molar-refractivity contribution is 0.0758. The van der Waals surface area contributed by atoms with Gasteiger partial charge in [0.15, 0.2) is 5.76 Å². The summed E-state index contributed by atoms with van der Waals surface area (Å²) in [6.45, 7) is 3.35. The minimum Gasteiger partial charge on any atom is -0.459 e. The van der Waals surface area contributed by atoms with E-state index in [1.165, 1.54) is 5.56 Å². The van der Waals surface area contributed by atoms with Gasteiger partial charge in [0.2, 0.25) is 0 Å². The minimum atomic E-state index is -0.0200. The molecule has 1 saturated heterocycles. The van der Waals surface area contributed by atoms with Gasteiger partial charge in [0.1, 0.15) is 0 Å². The van der Waals surface area contributed by atoms with Crippen LogP contribution in [0.25, 0.3) is 11.3 Å². The van der Waals surface area contributed by atoms with Gasteiger partial charge >= 0.3 is 0 Å². The zero-order valence-corrected chi connectivity index (χ0v) is 14.1. The van der Waals surface area contributed by atoms with E-state index in [-0.39, 0.29) is 5.91 Å². The van der Waals surface area contributed by atoms with Crippen molar-refractivity contribution < 1.29 is 9.21 Å². The Hall–Kier alpha value is -2.95. The number of nitrogens with zero attached hydrogens (tertiary/aromatic N) is 3. The Balaban J connectivity index is 1.52. The van der Waals surface area contributed by atoms with Crippen molar-refractivity contribution in [1.82, 2.24) is 14.9 Å². The topological polar surface area (TPSA) is 59.2 Å². The highest BCUT2D eigenvalue weighted by Gasteiger charge is 2.30. The molecule has 1 aliphatic rings. The lowest BCUT2D eigenvalue weighted by Gasteiger charge is -2.16. The molecule has 0 N–H and O–H groups in total. The fourth-order valence-corrected chi connectivity index (χ4v) is 3.33. The molecule has 126 valence electrons. The second-order valence-electron chi connectivity index (χ2n) is 6.38. The number of likely N-dealkylation sites (tertiary alicyclic amines) is 1. The highest BCUT2D eigenvalue weighted by molar-refractivity contribution is 5.93. The molecule has 0 radical (unpaired) electrons. The van der Waals surface area contributed by atoms with E-state index >= 15 is 0 Å². The molecule has 1 fully saturated rings. The highest BCUT2D eigenvalue weighted by atomic mass is 16.3. The van der Waals surface area contributed by atoms with E-state index in [1.54, 1.807) is 18.7 Å². The predicted molar refractivity (Wildman–Crippen MR) is 94.2 cm³/mol. The Morgan fingerprint density at radius 2 is 2.04 bits per heavy atom. The quantitative estimate of drug-likeness (QED) is 0.734. The number of furan rings is 1. The first-order valence-electron chi connectivity index (χ1n) is 8.42. The second kappa shape index (κ2) is 6.51. The van der Waals surface area contributed by atoms with Gasteiger partial charge in [-0.25, -0.2) is 0 Å². The third kappa shape index (κ3) is 3.05. The fraction of sp³-hybridized carbons (Fsp3) is 0.250. The molecule has 25 heavy (non-hydrogen) atoms. The van der Waals surface area contributed by atoms with Crippen molar-refractivity contribution in [3.8, 4) is 11.3 Å². The number of pyridine rings is 2.